The van der Waals surface area contributed by atoms with Crippen LogP contribution >= 0.6 is 0 Å². The highest BCUT2D eigenvalue weighted by atomic mass is 16.3. The summed E-state index contributed by atoms with van der Waals surface area (Å²) in [6, 6.07) is 0. The number of fused-ring (bicyclic) bond motifs is 1. The lowest BCUT2D eigenvalue weighted by Gasteiger charge is -2.58. The van der Waals surface area contributed by atoms with E-state index in [1.165, 1.54) is 19.3 Å². The van der Waals surface area contributed by atoms with Crippen molar-refractivity contribution in [1.29, 1.82) is 0 Å². The van der Waals surface area contributed by atoms with E-state index in [0.29, 0.717) is 0 Å². The van der Waals surface area contributed by atoms with Crippen molar-refractivity contribution in [3.05, 3.63) is 0 Å². The van der Waals surface area contributed by atoms with Crippen molar-refractivity contribution >= 4 is 0 Å². The molecule has 17 heavy (non-hydrogen) atoms. The largest absolute Gasteiger partial charge is 0.396 e. The van der Waals surface area contributed by atoms with Crippen molar-refractivity contribution in [3.8, 4) is 0 Å². The topological polar surface area (TPSA) is 40.5 Å². The van der Waals surface area contributed by atoms with Crippen LogP contribution in [0.25, 0.3) is 0 Å². The van der Waals surface area contributed by atoms with Crippen LogP contribution in [0.5, 0.6) is 0 Å². The molecule has 0 saturated heterocycles. The average Bonchev–Trinajstić information content (AvgIpc) is 2.23. The molecule has 2 nitrogen and oxygen atoms in total. The van der Waals surface area contributed by atoms with Gasteiger partial charge < -0.3 is 10.2 Å². The monoisotopic (exact) mass is 240 g/mol. The standard InChI is InChI=1S/C15H28O2/c1-11-5-4-8-14(2)12(11)6-9-15(3,17)13(14)7-10-16/h11-13,16-17H,4-10H2,1-3H3/t11?,12?,13-,14?,15-/m1/s1. The Morgan fingerprint density at radius 1 is 1.18 bits per heavy atom. The summed E-state index contributed by atoms with van der Waals surface area (Å²) in [7, 11) is 0. The summed E-state index contributed by atoms with van der Waals surface area (Å²) in [6.45, 7) is 6.92. The van der Waals surface area contributed by atoms with Gasteiger partial charge >= 0.3 is 0 Å². The highest BCUT2D eigenvalue weighted by Gasteiger charge is 2.54. The van der Waals surface area contributed by atoms with Crippen LogP contribution in [0.4, 0.5) is 0 Å². The van der Waals surface area contributed by atoms with Crippen LogP contribution in [0.15, 0.2) is 0 Å². The van der Waals surface area contributed by atoms with Crippen LogP contribution in [-0.4, -0.2) is 22.4 Å². The van der Waals surface area contributed by atoms with Crippen molar-refractivity contribution in [3.63, 3.8) is 0 Å². The van der Waals surface area contributed by atoms with Crippen LogP contribution in [0, 0.1) is 23.2 Å². The van der Waals surface area contributed by atoms with Crippen LogP contribution in [0.1, 0.15) is 59.3 Å². The molecule has 0 aliphatic heterocycles. The van der Waals surface area contributed by atoms with Crippen molar-refractivity contribution in [2.75, 3.05) is 6.61 Å². The molecule has 2 rings (SSSR count). The molecule has 0 aromatic carbocycles. The fraction of sp³-hybridized carbons (Fsp3) is 1.00. The summed E-state index contributed by atoms with van der Waals surface area (Å²) in [5.41, 5.74) is -0.340. The molecule has 100 valence electrons. The molecule has 0 aromatic rings. The molecule has 2 fully saturated rings. The summed E-state index contributed by atoms with van der Waals surface area (Å²) in [5.74, 6) is 1.79. The van der Waals surface area contributed by atoms with E-state index >= 15 is 0 Å². The Morgan fingerprint density at radius 3 is 2.53 bits per heavy atom. The van der Waals surface area contributed by atoms with Gasteiger partial charge in [-0.3, -0.25) is 0 Å². The molecule has 0 bridgehead atoms. The first-order chi connectivity index (χ1) is 7.92. The molecule has 0 aromatic heterocycles. The molecule has 0 amide bonds. The maximum atomic E-state index is 10.6. The normalized spacial score (nSPS) is 51.0. The molecule has 3 unspecified atom stereocenters. The minimum atomic E-state index is -0.578. The predicted molar refractivity (Wildman–Crippen MR) is 69.7 cm³/mol. The first-order valence-corrected chi connectivity index (χ1v) is 7.25. The molecule has 2 saturated carbocycles. The van der Waals surface area contributed by atoms with E-state index in [2.05, 4.69) is 13.8 Å². The molecule has 5 atom stereocenters. The lowest BCUT2D eigenvalue weighted by atomic mass is 9.49. The van der Waals surface area contributed by atoms with E-state index in [-0.39, 0.29) is 17.9 Å². The minimum absolute atomic E-state index is 0.206. The Hall–Kier alpha value is -0.0800. The van der Waals surface area contributed by atoms with Gasteiger partial charge in [0.05, 0.1) is 5.60 Å². The van der Waals surface area contributed by atoms with Crippen LogP contribution < -0.4 is 0 Å². The number of hydrogen-bond acceptors (Lipinski definition) is 2. The van der Waals surface area contributed by atoms with Crippen molar-refractivity contribution in [1.82, 2.24) is 0 Å². The van der Waals surface area contributed by atoms with Crippen molar-refractivity contribution < 1.29 is 10.2 Å². The van der Waals surface area contributed by atoms with Crippen LogP contribution in [0.2, 0.25) is 0 Å². The van der Waals surface area contributed by atoms with Gasteiger partial charge in [0.15, 0.2) is 0 Å². The van der Waals surface area contributed by atoms with Gasteiger partial charge in [-0.15, -0.1) is 0 Å². The summed E-state index contributed by atoms with van der Waals surface area (Å²) in [6.07, 6.45) is 6.67. The highest BCUT2D eigenvalue weighted by molar-refractivity contribution is 5.04. The second-order valence-corrected chi connectivity index (χ2v) is 6.94. The lowest BCUT2D eigenvalue weighted by molar-refractivity contribution is -0.154. The Bertz CT molecular complexity index is 274. The third kappa shape index (κ3) is 2.15. The number of rotatable bonds is 2. The third-order valence-electron chi connectivity index (χ3n) is 5.83. The number of aliphatic hydroxyl groups excluding tert-OH is 1. The zero-order chi connectivity index (χ0) is 12.7. The van der Waals surface area contributed by atoms with Crippen LogP contribution in [0.3, 0.4) is 0 Å². The van der Waals surface area contributed by atoms with E-state index in [9.17, 15) is 10.2 Å². The van der Waals surface area contributed by atoms with Gasteiger partial charge in [0, 0.05) is 6.61 Å². The van der Waals surface area contributed by atoms with E-state index in [1.807, 2.05) is 6.92 Å². The molecule has 0 heterocycles. The smallest absolute Gasteiger partial charge is 0.0654 e. The zero-order valence-corrected chi connectivity index (χ0v) is 11.6. The summed E-state index contributed by atoms with van der Waals surface area (Å²) < 4.78 is 0. The number of aliphatic hydroxyl groups is 2. The maximum absolute atomic E-state index is 10.6. The lowest BCUT2D eigenvalue weighted by Crippen LogP contribution is -2.55. The summed E-state index contributed by atoms with van der Waals surface area (Å²) in [4.78, 5) is 0. The predicted octanol–water partition coefficient (Wildman–Crippen LogP) is 2.97. The summed E-state index contributed by atoms with van der Waals surface area (Å²) >= 11 is 0. The second-order valence-electron chi connectivity index (χ2n) is 6.94. The fourth-order valence-electron chi connectivity index (χ4n) is 4.99. The number of hydrogen-bond donors (Lipinski definition) is 2. The van der Waals surface area contributed by atoms with Gasteiger partial charge in [0.2, 0.25) is 0 Å². The second kappa shape index (κ2) is 4.55. The SMILES string of the molecule is CC1CCCC2(C)C1CC[C@@](C)(O)[C@@H]2CCO. The third-order valence-corrected chi connectivity index (χ3v) is 5.83. The Morgan fingerprint density at radius 2 is 1.88 bits per heavy atom. The van der Waals surface area contributed by atoms with E-state index in [1.54, 1.807) is 0 Å². The molecule has 2 N–H and O–H groups in total. The van der Waals surface area contributed by atoms with Gasteiger partial charge in [0.25, 0.3) is 0 Å². The van der Waals surface area contributed by atoms with E-state index in [4.69, 9.17) is 0 Å². The molecule has 2 aliphatic carbocycles. The van der Waals surface area contributed by atoms with Crippen LogP contribution in [-0.2, 0) is 0 Å². The fourth-order valence-corrected chi connectivity index (χ4v) is 4.99. The van der Waals surface area contributed by atoms with Crippen molar-refractivity contribution in [2.24, 2.45) is 23.2 Å². The van der Waals surface area contributed by atoms with E-state index in [0.717, 1.165) is 31.1 Å². The van der Waals surface area contributed by atoms with Gasteiger partial charge in [-0.25, -0.2) is 0 Å². The Kier molecular flexibility index (Phi) is 3.57. The minimum Gasteiger partial charge on any atom is -0.396 e. The van der Waals surface area contributed by atoms with Gasteiger partial charge in [0.1, 0.15) is 0 Å². The quantitative estimate of drug-likeness (QED) is 0.779. The molecule has 2 heteroatoms. The highest BCUT2D eigenvalue weighted by Crippen LogP contribution is 2.58. The first kappa shape index (κ1) is 13.4. The Balaban J connectivity index is 2.29. The molecular weight excluding hydrogens is 212 g/mol. The first-order valence-electron chi connectivity index (χ1n) is 7.25. The molecule has 0 radical (unpaired) electrons. The zero-order valence-electron chi connectivity index (χ0n) is 11.6. The molecular formula is C15H28O2. The van der Waals surface area contributed by atoms with Gasteiger partial charge in [-0.2, -0.15) is 0 Å². The molecule has 2 aliphatic rings. The van der Waals surface area contributed by atoms with E-state index < -0.39 is 5.60 Å². The van der Waals surface area contributed by atoms with Gasteiger partial charge in [-0.05, 0) is 55.8 Å². The Labute approximate surface area is 105 Å². The average molecular weight is 240 g/mol. The van der Waals surface area contributed by atoms with Gasteiger partial charge in [-0.1, -0.05) is 26.7 Å². The van der Waals surface area contributed by atoms with Crippen molar-refractivity contribution in [2.45, 2.75) is 64.9 Å². The maximum Gasteiger partial charge on any atom is 0.0654 e. The summed E-state index contributed by atoms with van der Waals surface area (Å²) in [5, 5.41) is 20.0. The molecule has 0 spiro atoms.